The zero-order valence-electron chi connectivity index (χ0n) is 10.3. The second-order valence-electron chi connectivity index (χ2n) is 4.38. The predicted octanol–water partition coefficient (Wildman–Crippen LogP) is 3.81. The van der Waals surface area contributed by atoms with Crippen molar-refractivity contribution >= 4 is 34.7 Å². The Morgan fingerprint density at radius 3 is 2.94 bits per heavy atom. The number of hydrogen-bond acceptors (Lipinski definition) is 3. The number of nitrogens with zero attached hydrogens (tertiary/aromatic N) is 2. The summed E-state index contributed by atoms with van der Waals surface area (Å²) in [6.45, 7) is 3.11. The first-order valence-electron chi connectivity index (χ1n) is 6.14. The number of anilines is 1. The van der Waals surface area contributed by atoms with E-state index in [-0.39, 0.29) is 0 Å². The molecule has 0 fully saturated rings. The maximum Gasteiger partial charge on any atom is 0.0870 e. The Labute approximate surface area is 112 Å². The molecule has 1 aromatic carbocycles. The second-order valence-corrected chi connectivity index (χ2v) is 4.62. The van der Waals surface area contributed by atoms with Crippen molar-refractivity contribution in [3.8, 4) is 0 Å². The highest BCUT2D eigenvalue weighted by atomic mass is 32.1. The number of thiocarbonyl (C=S) groups is 1. The van der Waals surface area contributed by atoms with E-state index < -0.39 is 0 Å². The number of aliphatic imine (C=N–C) groups is 1. The van der Waals surface area contributed by atoms with Crippen LogP contribution in [0.15, 0.2) is 52.7 Å². The van der Waals surface area contributed by atoms with Crippen molar-refractivity contribution in [1.29, 1.82) is 0 Å². The minimum absolute atomic E-state index is 0.833. The molecule has 0 unspecified atom stereocenters. The van der Waals surface area contributed by atoms with Gasteiger partial charge < -0.3 is 4.90 Å². The molecule has 0 radical (unpaired) electrons. The highest BCUT2D eigenvalue weighted by molar-refractivity contribution is 7.79. The smallest absolute Gasteiger partial charge is 0.0870 e. The SMILES string of the molecule is CCN1C2=CC=C(C=S)CC2=Nc2ccccc21. The van der Waals surface area contributed by atoms with Crippen LogP contribution in [0.3, 0.4) is 0 Å². The summed E-state index contributed by atoms with van der Waals surface area (Å²) in [4.78, 5) is 7.08. The van der Waals surface area contributed by atoms with Crippen LogP contribution in [0.4, 0.5) is 11.4 Å². The molecule has 2 aliphatic rings. The first-order chi connectivity index (χ1) is 8.83. The minimum atomic E-state index is 0.833. The molecular formula is C15H14N2S. The van der Waals surface area contributed by atoms with Crippen LogP contribution in [0.25, 0.3) is 0 Å². The molecule has 1 aliphatic heterocycles. The van der Waals surface area contributed by atoms with Crippen molar-refractivity contribution in [2.45, 2.75) is 13.3 Å². The standard InChI is InChI=1S/C15H14N2S/c1-2-17-14-6-4-3-5-12(14)16-13-9-11(10-18)7-8-15(13)17/h3-8,10H,2,9H2,1H3. The highest BCUT2D eigenvalue weighted by Crippen LogP contribution is 2.37. The summed E-state index contributed by atoms with van der Waals surface area (Å²) >= 11 is 5.01. The maximum atomic E-state index is 5.01. The van der Waals surface area contributed by atoms with Crippen LogP contribution >= 0.6 is 12.2 Å². The number of hydrogen-bond donors (Lipinski definition) is 0. The molecule has 3 rings (SSSR count). The fourth-order valence-electron chi connectivity index (χ4n) is 2.45. The van der Waals surface area contributed by atoms with Gasteiger partial charge in [0.25, 0.3) is 0 Å². The molecule has 0 saturated heterocycles. The van der Waals surface area contributed by atoms with E-state index in [4.69, 9.17) is 17.2 Å². The van der Waals surface area contributed by atoms with Crippen molar-refractivity contribution in [3.05, 3.63) is 47.7 Å². The lowest BCUT2D eigenvalue weighted by Gasteiger charge is -2.33. The number of rotatable bonds is 2. The van der Waals surface area contributed by atoms with Gasteiger partial charge in [0.15, 0.2) is 0 Å². The first-order valence-corrected chi connectivity index (χ1v) is 6.61. The molecule has 0 amide bonds. The Kier molecular flexibility index (Phi) is 2.84. The van der Waals surface area contributed by atoms with Crippen LogP contribution in [0.2, 0.25) is 0 Å². The molecule has 0 aromatic heterocycles. The molecule has 1 aromatic rings. The third-order valence-corrected chi connectivity index (χ3v) is 3.61. The lowest BCUT2D eigenvalue weighted by atomic mass is 9.98. The number of benzene rings is 1. The lowest BCUT2D eigenvalue weighted by molar-refractivity contribution is 0.967. The maximum absolute atomic E-state index is 5.01. The van der Waals surface area contributed by atoms with Gasteiger partial charge in [0, 0.05) is 18.3 Å². The quantitative estimate of drug-likeness (QED) is 0.746. The fraction of sp³-hybridized carbons (Fsp3) is 0.200. The predicted molar refractivity (Wildman–Crippen MR) is 81.0 cm³/mol. The summed E-state index contributed by atoms with van der Waals surface area (Å²) in [7, 11) is 0. The van der Waals surface area contributed by atoms with Gasteiger partial charge >= 0.3 is 0 Å². The van der Waals surface area contributed by atoms with Gasteiger partial charge in [-0.2, -0.15) is 0 Å². The van der Waals surface area contributed by atoms with E-state index in [9.17, 15) is 0 Å². The average molecular weight is 254 g/mol. The van der Waals surface area contributed by atoms with E-state index in [1.807, 2.05) is 6.07 Å². The molecule has 90 valence electrons. The zero-order chi connectivity index (χ0) is 12.5. The summed E-state index contributed by atoms with van der Waals surface area (Å²) in [5.41, 5.74) is 5.72. The molecular weight excluding hydrogens is 240 g/mol. The number of para-hydroxylation sites is 2. The van der Waals surface area contributed by atoms with Crippen molar-refractivity contribution in [2.75, 3.05) is 11.4 Å². The minimum Gasteiger partial charge on any atom is -0.339 e. The number of allylic oxidation sites excluding steroid dienone is 4. The summed E-state index contributed by atoms with van der Waals surface area (Å²) < 4.78 is 0. The zero-order valence-corrected chi connectivity index (χ0v) is 11.1. The van der Waals surface area contributed by atoms with Gasteiger partial charge in [-0.3, -0.25) is 0 Å². The second kappa shape index (κ2) is 4.50. The van der Waals surface area contributed by atoms with Crippen molar-refractivity contribution in [3.63, 3.8) is 0 Å². The van der Waals surface area contributed by atoms with Crippen LogP contribution in [-0.2, 0) is 0 Å². The van der Waals surface area contributed by atoms with Gasteiger partial charge in [-0.05, 0) is 30.7 Å². The first kappa shape index (κ1) is 11.4. The van der Waals surface area contributed by atoms with E-state index in [0.717, 1.165) is 29.9 Å². The van der Waals surface area contributed by atoms with Crippen molar-refractivity contribution < 1.29 is 0 Å². The Morgan fingerprint density at radius 1 is 1.33 bits per heavy atom. The van der Waals surface area contributed by atoms with Crippen molar-refractivity contribution in [2.24, 2.45) is 4.99 Å². The molecule has 0 saturated carbocycles. The third kappa shape index (κ3) is 1.71. The molecule has 0 bridgehead atoms. The van der Waals surface area contributed by atoms with Gasteiger partial charge in [0.2, 0.25) is 0 Å². The number of fused-ring (bicyclic) bond motifs is 2. The van der Waals surface area contributed by atoms with E-state index in [2.05, 4.69) is 42.2 Å². The lowest BCUT2D eigenvalue weighted by Crippen LogP contribution is -2.31. The highest BCUT2D eigenvalue weighted by Gasteiger charge is 2.25. The Bertz CT molecular complexity index is 596. The Hall–Kier alpha value is -1.74. The van der Waals surface area contributed by atoms with E-state index in [0.29, 0.717) is 0 Å². The van der Waals surface area contributed by atoms with E-state index in [1.165, 1.54) is 11.4 Å². The van der Waals surface area contributed by atoms with Gasteiger partial charge in [0.05, 0.1) is 22.8 Å². The molecule has 3 heteroatoms. The van der Waals surface area contributed by atoms with Crippen molar-refractivity contribution in [1.82, 2.24) is 0 Å². The molecule has 0 spiro atoms. The molecule has 1 aliphatic carbocycles. The molecule has 18 heavy (non-hydrogen) atoms. The fourth-order valence-corrected chi connectivity index (χ4v) is 2.61. The van der Waals surface area contributed by atoms with Gasteiger partial charge in [0.1, 0.15) is 0 Å². The summed E-state index contributed by atoms with van der Waals surface area (Å²) in [6.07, 6.45) is 5.05. The van der Waals surface area contributed by atoms with Gasteiger partial charge in [-0.15, -0.1) is 0 Å². The van der Waals surface area contributed by atoms with E-state index in [1.54, 1.807) is 5.37 Å². The molecule has 2 nitrogen and oxygen atoms in total. The normalized spacial score (nSPS) is 17.2. The van der Waals surface area contributed by atoms with Crippen LogP contribution in [0.1, 0.15) is 13.3 Å². The topological polar surface area (TPSA) is 15.6 Å². The van der Waals surface area contributed by atoms with E-state index >= 15 is 0 Å². The Balaban J connectivity index is 2.15. The van der Waals surface area contributed by atoms with Crippen LogP contribution in [0, 0.1) is 0 Å². The molecule has 0 atom stereocenters. The summed E-state index contributed by atoms with van der Waals surface area (Å²) in [5.74, 6) is 0. The van der Waals surface area contributed by atoms with Gasteiger partial charge in [-0.1, -0.05) is 30.4 Å². The summed E-state index contributed by atoms with van der Waals surface area (Å²) in [6, 6.07) is 8.28. The Morgan fingerprint density at radius 2 is 2.17 bits per heavy atom. The monoisotopic (exact) mass is 254 g/mol. The van der Waals surface area contributed by atoms with Crippen LogP contribution < -0.4 is 4.90 Å². The third-order valence-electron chi connectivity index (χ3n) is 3.31. The summed E-state index contributed by atoms with van der Waals surface area (Å²) in [5, 5.41) is 1.74. The van der Waals surface area contributed by atoms with Crippen LogP contribution in [0.5, 0.6) is 0 Å². The van der Waals surface area contributed by atoms with Crippen LogP contribution in [-0.4, -0.2) is 17.6 Å². The largest absolute Gasteiger partial charge is 0.339 e. The van der Waals surface area contributed by atoms with Gasteiger partial charge in [-0.25, -0.2) is 4.99 Å². The molecule has 0 N–H and O–H groups in total. The molecule has 1 heterocycles. The average Bonchev–Trinajstić information content (AvgIpc) is 2.44.